The molecule has 0 amide bonds. The third kappa shape index (κ3) is 4.63. The molecule has 0 bridgehead atoms. The standard InChI is InChI=1S/C20H26N2O2S/c1-4-9-18(16-10-7-6-8-11-16)17-12-13-19(21)20(14-17)22-25(23,24)15(3)5-2/h6-15,22H,4-5,21H2,1-3H3/b18-9+. The number of sulfonamides is 1. The second-order valence-electron chi connectivity index (χ2n) is 6.06. The number of hydrogen-bond donors (Lipinski definition) is 2. The second-order valence-corrected chi connectivity index (χ2v) is 8.16. The molecule has 2 aromatic rings. The van der Waals surface area contributed by atoms with Crippen LogP contribution in [-0.2, 0) is 10.0 Å². The first-order valence-electron chi connectivity index (χ1n) is 8.56. The molecule has 2 aromatic carbocycles. The lowest BCUT2D eigenvalue weighted by atomic mass is 9.96. The molecule has 5 heteroatoms. The van der Waals surface area contributed by atoms with Crippen LogP contribution in [0.25, 0.3) is 5.57 Å². The van der Waals surface area contributed by atoms with Crippen molar-refractivity contribution in [3.63, 3.8) is 0 Å². The first-order valence-corrected chi connectivity index (χ1v) is 10.1. The van der Waals surface area contributed by atoms with Gasteiger partial charge in [0.15, 0.2) is 0 Å². The van der Waals surface area contributed by atoms with E-state index in [1.54, 1.807) is 13.0 Å². The normalized spacial score (nSPS) is 13.5. The Labute approximate surface area is 150 Å². The molecule has 0 saturated heterocycles. The summed E-state index contributed by atoms with van der Waals surface area (Å²) >= 11 is 0. The van der Waals surface area contributed by atoms with Crippen molar-refractivity contribution in [1.29, 1.82) is 0 Å². The molecule has 1 unspecified atom stereocenters. The maximum Gasteiger partial charge on any atom is 0.235 e. The first-order chi connectivity index (χ1) is 11.9. The van der Waals surface area contributed by atoms with E-state index in [0.29, 0.717) is 17.8 Å². The molecule has 134 valence electrons. The van der Waals surface area contributed by atoms with E-state index in [1.807, 2.05) is 49.4 Å². The molecule has 0 aromatic heterocycles. The molecule has 0 aliphatic rings. The van der Waals surface area contributed by atoms with Crippen LogP contribution in [0.3, 0.4) is 0 Å². The number of rotatable bonds is 7. The molecule has 0 spiro atoms. The van der Waals surface area contributed by atoms with Crippen LogP contribution in [0, 0.1) is 0 Å². The van der Waals surface area contributed by atoms with Crippen molar-refractivity contribution < 1.29 is 8.42 Å². The molecule has 0 aliphatic heterocycles. The molecule has 0 saturated carbocycles. The van der Waals surface area contributed by atoms with Gasteiger partial charge in [-0.2, -0.15) is 0 Å². The Hall–Kier alpha value is -2.27. The van der Waals surface area contributed by atoms with Crippen LogP contribution < -0.4 is 10.5 Å². The van der Waals surface area contributed by atoms with E-state index in [0.717, 1.165) is 23.1 Å². The van der Waals surface area contributed by atoms with E-state index >= 15 is 0 Å². The molecule has 0 radical (unpaired) electrons. The predicted octanol–water partition coefficient (Wildman–Crippen LogP) is 4.65. The monoisotopic (exact) mass is 358 g/mol. The Morgan fingerprint density at radius 3 is 2.40 bits per heavy atom. The van der Waals surface area contributed by atoms with Gasteiger partial charge in [-0.05, 0) is 48.6 Å². The van der Waals surface area contributed by atoms with Crippen molar-refractivity contribution in [2.24, 2.45) is 0 Å². The van der Waals surface area contributed by atoms with E-state index in [1.165, 1.54) is 0 Å². The van der Waals surface area contributed by atoms with Gasteiger partial charge in [0.05, 0.1) is 16.6 Å². The zero-order valence-electron chi connectivity index (χ0n) is 15.0. The summed E-state index contributed by atoms with van der Waals surface area (Å²) in [5.74, 6) is 0. The minimum Gasteiger partial charge on any atom is -0.397 e. The highest BCUT2D eigenvalue weighted by atomic mass is 32.2. The maximum absolute atomic E-state index is 12.4. The fourth-order valence-corrected chi connectivity index (χ4v) is 3.63. The van der Waals surface area contributed by atoms with Gasteiger partial charge in [0.25, 0.3) is 0 Å². The zero-order valence-corrected chi connectivity index (χ0v) is 15.8. The topological polar surface area (TPSA) is 72.2 Å². The van der Waals surface area contributed by atoms with Crippen LogP contribution >= 0.6 is 0 Å². The molecule has 2 rings (SSSR count). The fraction of sp³-hybridized carbons (Fsp3) is 0.300. The van der Waals surface area contributed by atoms with Crippen molar-refractivity contribution in [1.82, 2.24) is 0 Å². The average molecular weight is 359 g/mol. The lowest BCUT2D eigenvalue weighted by Crippen LogP contribution is -2.25. The molecular weight excluding hydrogens is 332 g/mol. The number of hydrogen-bond acceptors (Lipinski definition) is 3. The predicted molar refractivity (Wildman–Crippen MR) is 107 cm³/mol. The van der Waals surface area contributed by atoms with Gasteiger partial charge in [0, 0.05) is 0 Å². The molecule has 0 aliphatic carbocycles. The number of allylic oxidation sites excluding steroid dienone is 1. The SMILES string of the molecule is CC/C=C(\c1ccccc1)c1ccc(N)c(NS(=O)(=O)C(C)CC)c1. The van der Waals surface area contributed by atoms with Crippen molar-refractivity contribution in [2.45, 2.75) is 38.9 Å². The zero-order chi connectivity index (χ0) is 18.4. The minimum atomic E-state index is -3.45. The highest BCUT2D eigenvalue weighted by Crippen LogP contribution is 2.30. The van der Waals surface area contributed by atoms with E-state index < -0.39 is 15.3 Å². The quantitative estimate of drug-likeness (QED) is 0.708. The van der Waals surface area contributed by atoms with Crippen LogP contribution in [0.2, 0.25) is 0 Å². The van der Waals surface area contributed by atoms with Crippen LogP contribution in [0.4, 0.5) is 11.4 Å². The van der Waals surface area contributed by atoms with E-state index in [2.05, 4.69) is 17.7 Å². The minimum absolute atomic E-state index is 0.416. The van der Waals surface area contributed by atoms with Crippen LogP contribution in [0.5, 0.6) is 0 Å². The third-order valence-electron chi connectivity index (χ3n) is 4.21. The Balaban J connectivity index is 2.45. The first kappa shape index (κ1) is 19.1. The summed E-state index contributed by atoms with van der Waals surface area (Å²) in [6, 6.07) is 15.5. The summed E-state index contributed by atoms with van der Waals surface area (Å²) in [6.45, 7) is 5.61. The smallest absolute Gasteiger partial charge is 0.235 e. The highest BCUT2D eigenvalue weighted by molar-refractivity contribution is 7.93. The van der Waals surface area contributed by atoms with Crippen molar-refractivity contribution >= 4 is 27.0 Å². The van der Waals surface area contributed by atoms with E-state index in [-0.39, 0.29) is 0 Å². The lowest BCUT2D eigenvalue weighted by Gasteiger charge is -2.16. The Bertz CT molecular complexity index is 843. The lowest BCUT2D eigenvalue weighted by molar-refractivity contribution is 0.586. The number of nitrogen functional groups attached to an aromatic ring is 1. The summed E-state index contributed by atoms with van der Waals surface area (Å²) in [5.41, 5.74) is 9.93. The molecular formula is C20H26N2O2S. The van der Waals surface area contributed by atoms with Crippen molar-refractivity contribution in [3.05, 3.63) is 65.7 Å². The van der Waals surface area contributed by atoms with Gasteiger partial charge < -0.3 is 5.73 Å². The van der Waals surface area contributed by atoms with E-state index in [4.69, 9.17) is 5.73 Å². The Kier molecular flexibility index (Phi) is 6.26. The fourth-order valence-electron chi connectivity index (χ4n) is 2.51. The molecule has 1 atom stereocenters. The molecule has 4 nitrogen and oxygen atoms in total. The Morgan fingerprint density at radius 2 is 1.80 bits per heavy atom. The number of anilines is 2. The summed E-state index contributed by atoms with van der Waals surface area (Å²) in [4.78, 5) is 0. The second kappa shape index (κ2) is 8.21. The summed E-state index contributed by atoms with van der Waals surface area (Å²) in [5, 5.41) is -0.477. The average Bonchev–Trinajstić information content (AvgIpc) is 2.61. The van der Waals surface area contributed by atoms with Gasteiger partial charge >= 0.3 is 0 Å². The summed E-state index contributed by atoms with van der Waals surface area (Å²) in [7, 11) is -3.45. The van der Waals surface area contributed by atoms with Crippen LogP contribution in [0.15, 0.2) is 54.6 Å². The number of nitrogens with one attached hydrogen (secondary N) is 1. The summed E-state index contributed by atoms with van der Waals surface area (Å²) in [6.07, 6.45) is 3.55. The molecule has 3 N–H and O–H groups in total. The van der Waals surface area contributed by atoms with Gasteiger partial charge in [-0.15, -0.1) is 0 Å². The molecule has 25 heavy (non-hydrogen) atoms. The van der Waals surface area contributed by atoms with E-state index in [9.17, 15) is 8.42 Å². The van der Waals surface area contributed by atoms with Crippen LogP contribution in [0.1, 0.15) is 44.7 Å². The Morgan fingerprint density at radius 1 is 1.12 bits per heavy atom. The third-order valence-corrected chi connectivity index (χ3v) is 6.11. The highest BCUT2D eigenvalue weighted by Gasteiger charge is 2.20. The van der Waals surface area contributed by atoms with Gasteiger partial charge in [0.2, 0.25) is 10.0 Å². The largest absolute Gasteiger partial charge is 0.397 e. The molecule has 0 heterocycles. The van der Waals surface area contributed by atoms with Crippen LogP contribution in [-0.4, -0.2) is 13.7 Å². The van der Waals surface area contributed by atoms with Gasteiger partial charge in [-0.1, -0.05) is 56.3 Å². The molecule has 0 fully saturated rings. The van der Waals surface area contributed by atoms with Crippen molar-refractivity contribution in [3.8, 4) is 0 Å². The maximum atomic E-state index is 12.4. The van der Waals surface area contributed by atoms with Gasteiger partial charge in [-0.3, -0.25) is 4.72 Å². The summed E-state index contributed by atoms with van der Waals surface area (Å²) < 4.78 is 27.4. The number of nitrogens with two attached hydrogens (primary N) is 1. The van der Waals surface area contributed by atoms with Gasteiger partial charge in [0.1, 0.15) is 0 Å². The number of benzene rings is 2. The van der Waals surface area contributed by atoms with Crippen molar-refractivity contribution in [2.75, 3.05) is 10.5 Å². The van der Waals surface area contributed by atoms with Gasteiger partial charge in [-0.25, -0.2) is 8.42 Å².